The molecule has 0 aromatic heterocycles. The maximum atomic E-state index is 11.9. The van der Waals surface area contributed by atoms with Gasteiger partial charge in [0.05, 0.1) is 6.10 Å². The van der Waals surface area contributed by atoms with Crippen LogP contribution in [0.3, 0.4) is 0 Å². The van der Waals surface area contributed by atoms with E-state index in [2.05, 4.69) is 33.4 Å². The van der Waals surface area contributed by atoms with Gasteiger partial charge >= 0.3 is 0 Å². The number of primary amides is 1. The van der Waals surface area contributed by atoms with Crippen molar-refractivity contribution in [2.75, 3.05) is 13.2 Å². The summed E-state index contributed by atoms with van der Waals surface area (Å²) in [6.07, 6.45) is 1.03. The molecule has 1 saturated heterocycles. The van der Waals surface area contributed by atoms with Gasteiger partial charge in [-0.1, -0.05) is 58.4 Å². The maximum Gasteiger partial charge on any atom is 0.239 e. The van der Waals surface area contributed by atoms with Crippen LogP contribution < -0.4 is 11.1 Å². The third-order valence-corrected chi connectivity index (χ3v) is 4.89. The van der Waals surface area contributed by atoms with Crippen molar-refractivity contribution in [3.05, 3.63) is 70.2 Å². The molecule has 1 aliphatic rings. The Balaban J connectivity index is 1.69. The Morgan fingerprint density at radius 3 is 2.75 bits per heavy atom. The standard InChI is InChI=1S/C19H21BrN2O2/c20-16-8-4-7-14(11-16)17(19(21)23)22-12-15-9-10-24-18(15)13-5-2-1-3-6-13/h1-8,11,15,17-18,22H,9-10,12H2,(H2,21,23)/t15-,17?,18-/m1/s1. The van der Waals surface area contributed by atoms with E-state index in [9.17, 15) is 4.79 Å². The Bertz CT molecular complexity index is 693. The fourth-order valence-corrected chi connectivity index (χ4v) is 3.61. The van der Waals surface area contributed by atoms with E-state index in [1.807, 2.05) is 42.5 Å². The van der Waals surface area contributed by atoms with E-state index < -0.39 is 6.04 Å². The molecule has 0 radical (unpaired) electrons. The lowest BCUT2D eigenvalue weighted by Crippen LogP contribution is -2.37. The Morgan fingerprint density at radius 2 is 2.04 bits per heavy atom. The van der Waals surface area contributed by atoms with Crippen molar-refractivity contribution in [3.63, 3.8) is 0 Å². The van der Waals surface area contributed by atoms with Gasteiger partial charge < -0.3 is 15.8 Å². The summed E-state index contributed by atoms with van der Waals surface area (Å²) in [4.78, 5) is 11.9. The number of nitrogens with one attached hydrogen (secondary N) is 1. The van der Waals surface area contributed by atoms with Gasteiger partial charge in [0.25, 0.3) is 0 Å². The first kappa shape index (κ1) is 17.1. The van der Waals surface area contributed by atoms with E-state index in [0.717, 1.165) is 23.1 Å². The summed E-state index contributed by atoms with van der Waals surface area (Å²) in [6, 6.07) is 17.4. The molecule has 126 valence electrons. The molecule has 1 amide bonds. The summed E-state index contributed by atoms with van der Waals surface area (Å²) in [6.45, 7) is 1.42. The van der Waals surface area contributed by atoms with Gasteiger partial charge in [-0.05, 0) is 29.7 Å². The Kier molecular flexibility index (Phi) is 5.66. The van der Waals surface area contributed by atoms with Crippen molar-refractivity contribution in [3.8, 4) is 0 Å². The molecule has 0 aliphatic carbocycles. The molecule has 1 aliphatic heterocycles. The van der Waals surface area contributed by atoms with Crippen molar-refractivity contribution in [1.29, 1.82) is 0 Å². The summed E-state index contributed by atoms with van der Waals surface area (Å²) in [5.74, 6) is -0.0512. The molecular formula is C19H21BrN2O2. The highest BCUT2D eigenvalue weighted by Crippen LogP contribution is 2.34. The number of halogens is 1. The Hall–Kier alpha value is -1.69. The first-order valence-corrected chi connectivity index (χ1v) is 8.89. The topological polar surface area (TPSA) is 64.4 Å². The van der Waals surface area contributed by atoms with Gasteiger partial charge in [0.1, 0.15) is 6.04 Å². The first-order valence-electron chi connectivity index (χ1n) is 8.10. The zero-order valence-electron chi connectivity index (χ0n) is 13.3. The van der Waals surface area contributed by atoms with Gasteiger partial charge in [0, 0.05) is 23.5 Å². The number of amides is 1. The highest BCUT2D eigenvalue weighted by atomic mass is 79.9. The van der Waals surface area contributed by atoms with E-state index >= 15 is 0 Å². The minimum absolute atomic E-state index is 0.0646. The van der Waals surface area contributed by atoms with Crippen LogP contribution in [0.5, 0.6) is 0 Å². The fraction of sp³-hybridized carbons (Fsp3) is 0.316. The largest absolute Gasteiger partial charge is 0.373 e. The molecule has 0 spiro atoms. The highest BCUT2D eigenvalue weighted by Gasteiger charge is 2.30. The van der Waals surface area contributed by atoms with E-state index in [-0.39, 0.29) is 12.0 Å². The van der Waals surface area contributed by atoms with Crippen LogP contribution in [-0.2, 0) is 9.53 Å². The van der Waals surface area contributed by atoms with E-state index in [0.29, 0.717) is 12.5 Å². The molecule has 24 heavy (non-hydrogen) atoms. The second-order valence-corrected chi connectivity index (χ2v) is 6.97. The highest BCUT2D eigenvalue weighted by molar-refractivity contribution is 9.10. The van der Waals surface area contributed by atoms with Gasteiger partial charge in [-0.2, -0.15) is 0 Å². The molecule has 2 aromatic carbocycles. The number of carbonyl (C=O) groups is 1. The Morgan fingerprint density at radius 1 is 1.25 bits per heavy atom. The second kappa shape index (κ2) is 7.92. The number of hydrogen-bond acceptors (Lipinski definition) is 3. The van der Waals surface area contributed by atoms with Gasteiger partial charge in [-0.25, -0.2) is 0 Å². The number of hydrogen-bond donors (Lipinski definition) is 2. The van der Waals surface area contributed by atoms with Crippen LogP contribution in [0, 0.1) is 5.92 Å². The molecule has 3 atom stereocenters. The van der Waals surface area contributed by atoms with Crippen molar-refractivity contribution >= 4 is 21.8 Å². The van der Waals surface area contributed by atoms with E-state index in [4.69, 9.17) is 10.5 Å². The monoisotopic (exact) mass is 388 g/mol. The van der Waals surface area contributed by atoms with Crippen molar-refractivity contribution in [2.45, 2.75) is 18.6 Å². The molecule has 1 fully saturated rings. The van der Waals surface area contributed by atoms with Crippen LogP contribution in [0.1, 0.15) is 29.7 Å². The van der Waals surface area contributed by atoms with Crippen LogP contribution in [0.2, 0.25) is 0 Å². The number of benzene rings is 2. The van der Waals surface area contributed by atoms with E-state index in [1.54, 1.807) is 0 Å². The first-order chi connectivity index (χ1) is 11.6. The van der Waals surface area contributed by atoms with Gasteiger partial charge in [0.15, 0.2) is 0 Å². The molecule has 2 aromatic rings. The molecule has 1 unspecified atom stereocenters. The predicted octanol–water partition coefficient (Wildman–Crippen LogP) is 3.34. The molecule has 1 heterocycles. The fourth-order valence-electron chi connectivity index (χ4n) is 3.19. The van der Waals surface area contributed by atoms with E-state index in [1.165, 1.54) is 5.56 Å². The molecular weight excluding hydrogens is 368 g/mol. The zero-order valence-corrected chi connectivity index (χ0v) is 14.9. The predicted molar refractivity (Wildman–Crippen MR) is 97.3 cm³/mol. The van der Waals surface area contributed by atoms with Crippen molar-refractivity contribution in [2.24, 2.45) is 11.7 Å². The SMILES string of the molecule is NC(=O)C(NC[C@H]1CCO[C@@H]1c1ccccc1)c1cccc(Br)c1. The summed E-state index contributed by atoms with van der Waals surface area (Å²) >= 11 is 3.44. The average Bonchev–Trinajstić information content (AvgIpc) is 3.04. The van der Waals surface area contributed by atoms with Crippen molar-refractivity contribution < 1.29 is 9.53 Å². The number of carbonyl (C=O) groups excluding carboxylic acids is 1. The van der Waals surface area contributed by atoms with Crippen LogP contribution in [0.25, 0.3) is 0 Å². The third-order valence-electron chi connectivity index (χ3n) is 4.39. The molecule has 5 heteroatoms. The third kappa shape index (κ3) is 4.04. The maximum absolute atomic E-state index is 11.9. The minimum Gasteiger partial charge on any atom is -0.373 e. The molecule has 3 rings (SSSR count). The number of ether oxygens (including phenoxy) is 1. The lowest BCUT2D eigenvalue weighted by molar-refractivity contribution is -0.120. The Labute approximate surface area is 150 Å². The molecule has 0 saturated carbocycles. The summed E-state index contributed by atoms with van der Waals surface area (Å²) in [7, 11) is 0. The smallest absolute Gasteiger partial charge is 0.239 e. The normalized spacial score (nSPS) is 21.5. The van der Waals surface area contributed by atoms with Gasteiger partial charge in [-0.15, -0.1) is 0 Å². The number of nitrogens with two attached hydrogens (primary N) is 1. The van der Waals surface area contributed by atoms with Crippen molar-refractivity contribution in [1.82, 2.24) is 5.32 Å². The minimum atomic E-state index is -0.500. The average molecular weight is 389 g/mol. The van der Waals surface area contributed by atoms with Crippen LogP contribution in [0.15, 0.2) is 59.1 Å². The summed E-state index contributed by atoms with van der Waals surface area (Å²) in [5, 5.41) is 3.33. The summed E-state index contributed by atoms with van der Waals surface area (Å²) in [5.41, 5.74) is 7.65. The van der Waals surface area contributed by atoms with Crippen LogP contribution in [0.4, 0.5) is 0 Å². The van der Waals surface area contributed by atoms with Crippen LogP contribution >= 0.6 is 15.9 Å². The molecule has 3 N–H and O–H groups in total. The lowest BCUT2D eigenvalue weighted by atomic mass is 9.94. The molecule has 4 nitrogen and oxygen atoms in total. The van der Waals surface area contributed by atoms with Gasteiger partial charge in [-0.3, -0.25) is 4.79 Å². The van der Waals surface area contributed by atoms with Gasteiger partial charge in [0.2, 0.25) is 5.91 Å². The number of rotatable bonds is 6. The second-order valence-electron chi connectivity index (χ2n) is 6.05. The zero-order chi connectivity index (χ0) is 16.9. The quantitative estimate of drug-likeness (QED) is 0.797. The van der Waals surface area contributed by atoms with Crippen LogP contribution in [-0.4, -0.2) is 19.1 Å². The molecule has 0 bridgehead atoms. The summed E-state index contributed by atoms with van der Waals surface area (Å²) < 4.78 is 6.84. The lowest BCUT2D eigenvalue weighted by Gasteiger charge is -2.22.